The van der Waals surface area contributed by atoms with Crippen LogP contribution in [0.3, 0.4) is 0 Å². The van der Waals surface area contributed by atoms with Gasteiger partial charge in [0.05, 0.1) is 17.0 Å². The zero-order valence-corrected chi connectivity index (χ0v) is 10.7. The molecule has 0 radical (unpaired) electrons. The largest absolute Gasteiger partial charge is 0.494 e. The highest BCUT2D eigenvalue weighted by Gasteiger charge is 2.02. The molecule has 0 bridgehead atoms. The van der Waals surface area contributed by atoms with Gasteiger partial charge in [0, 0.05) is 6.21 Å². The van der Waals surface area contributed by atoms with Crippen LogP contribution in [0.5, 0.6) is 5.75 Å². The molecule has 0 saturated heterocycles. The maximum Gasteiger partial charge on any atom is 0.305 e. The molecular weight excluding hydrogens is 256 g/mol. The lowest BCUT2D eigenvalue weighted by molar-refractivity contribution is 0.416. The predicted molar refractivity (Wildman–Crippen MR) is 72.4 cm³/mol. The number of aromatic nitrogens is 1. The predicted octanol–water partition coefficient (Wildman–Crippen LogP) is 2.48. The quantitative estimate of drug-likeness (QED) is 0.662. The number of hydrogen-bond donors (Lipinski definition) is 2. The molecule has 0 fully saturated rings. The molecule has 0 aliphatic rings. The van der Waals surface area contributed by atoms with Crippen molar-refractivity contribution in [3.05, 3.63) is 38.8 Å². The van der Waals surface area contributed by atoms with Gasteiger partial charge in [0.2, 0.25) is 0 Å². The molecule has 88 valence electrons. The fraction of sp³-hybridized carbons (Fsp3) is 0.0909. The Morgan fingerprint density at radius 3 is 2.88 bits per heavy atom. The molecule has 4 nitrogen and oxygen atoms in total. The number of para-hydroxylation sites is 2. The van der Waals surface area contributed by atoms with Crippen molar-refractivity contribution in [3.8, 4) is 5.75 Å². The van der Waals surface area contributed by atoms with E-state index in [1.165, 1.54) is 0 Å². The number of methoxy groups -OCH3 is 1. The lowest BCUT2D eigenvalue weighted by Gasteiger charge is -2.02. The van der Waals surface area contributed by atoms with E-state index in [0.717, 1.165) is 11.3 Å². The molecule has 17 heavy (non-hydrogen) atoms. The molecule has 1 aromatic heterocycles. The van der Waals surface area contributed by atoms with Crippen LogP contribution in [0.4, 0.5) is 5.69 Å². The fourth-order valence-corrected chi connectivity index (χ4v) is 2.26. The Balaban J connectivity index is 2.32. The number of nitrogens with one attached hydrogen (secondary N) is 1. The van der Waals surface area contributed by atoms with Gasteiger partial charge in [-0.25, -0.2) is 0 Å². The van der Waals surface area contributed by atoms with Crippen molar-refractivity contribution in [2.45, 2.75) is 5.03 Å². The SMILES string of the molecule is COc1ccccc1N=Cc1sc(=O)[nH]c1S. The Kier molecular flexibility index (Phi) is 3.65. The summed E-state index contributed by atoms with van der Waals surface area (Å²) in [5.41, 5.74) is 0.712. The minimum Gasteiger partial charge on any atom is -0.494 e. The van der Waals surface area contributed by atoms with Crippen LogP contribution in [0, 0.1) is 0 Å². The minimum atomic E-state index is -0.142. The average Bonchev–Trinajstić information content (AvgIpc) is 2.65. The van der Waals surface area contributed by atoms with Crippen LogP contribution in [-0.2, 0) is 0 Å². The van der Waals surface area contributed by atoms with E-state index in [0.29, 0.717) is 21.3 Å². The van der Waals surface area contributed by atoms with E-state index in [2.05, 4.69) is 22.6 Å². The van der Waals surface area contributed by atoms with Crippen LogP contribution in [0.2, 0.25) is 0 Å². The maximum absolute atomic E-state index is 11.1. The van der Waals surface area contributed by atoms with Crippen molar-refractivity contribution in [1.82, 2.24) is 4.98 Å². The van der Waals surface area contributed by atoms with E-state index in [4.69, 9.17) is 4.74 Å². The van der Waals surface area contributed by atoms with Crippen molar-refractivity contribution in [2.75, 3.05) is 7.11 Å². The summed E-state index contributed by atoms with van der Waals surface area (Å²) in [5, 5.41) is 0.527. The van der Waals surface area contributed by atoms with Crippen LogP contribution in [-0.4, -0.2) is 18.3 Å². The summed E-state index contributed by atoms with van der Waals surface area (Å²) in [6, 6.07) is 7.41. The second-order valence-corrected chi connectivity index (χ2v) is 4.62. The van der Waals surface area contributed by atoms with Gasteiger partial charge in [-0.05, 0) is 12.1 Å². The molecule has 0 amide bonds. The molecule has 1 aromatic carbocycles. The smallest absolute Gasteiger partial charge is 0.305 e. The standard InChI is InChI=1S/C11H10N2O2S2/c1-15-8-5-3-2-4-7(8)12-6-9-10(16)13-11(14)17-9/h2-6,16H,1H3,(H,13,14). The van der Waals surface area contributed by atoms with Gasteiger partial charge < -0.3 is 9.72 Å². The Morgan fingerprint density at radius 2 is 2.24 bits per heavy atom. The van der Waals surface area contributed by atoms with Gasteiger partial charge in [0.25, 0.3) is 0 Å². The summed E-state index contributed by atoms with van der Waals surface area (Å²) >= 11 is 5.22. The molecule has 1 heterocycles. The monoisotopic (exact) mass is 266 g/mol. The molecule has 0 saturated carbocycles. The van der Waals surface area contributed by atoms with E-state index >= 15 is 0 Å². The Bertz CT molecular complexity index is 602. The third-order valence-corrected chi connectivity index (χ3v) is 3.38. The summed E-state index contributed by atoms with van der Waals surface area (Å²) in [5.74, 6) is 0.687. The third-order valence-electron chi connectivity index (χ3n) is 2.06. The highest BCUT2D eigenvalue weighted by Crippen LogP contribution is 2.26. The topological polar surface area (TPSA) is 54.4 Å². The van der Waals surface area contributed by atoms with Crippen LogP contribution in [0.15, 0.2) is 39.1 Å². The number of benzene rings is 1. The van der Waals surface area contributed by atoms with Gasteiger partial charge in [-0.3, -0.25) is 9.79 Å². The highest BCUT2D eigenvalue weighted by molar-refractivity contribution is 7.80. The summed E-state index contributed by atoms with van der Waals surface area (Å²) < 4.78 is 5.17. The summed E-state index contributed by atoms with van der Waals surface area (Å²) in [4.78, 5) is 18.5. The van der Waals surface area contributed by atoms with Gasteiger partial charge in [-0.1, -0.05) is 23.5 Å². The van der Waals surface area contributed by atoms with Gasteiger partial charge in [0.15, 0.2) is 0 Å². The number of thiazole rings is 1. The molecule has 2 aromatic rings. The van der Waals surface area contributed by atoms with Crippen LogP contribution >= 0.6 is 24.0 Å². The molecule has 0 aliphatic carbocycles. The normalized spacial score (nSPS) is 10.9. The van der Waals surface area contributed by atoms with Crippen molar-refractivity contribution in [3.63, 3.8) is 0 Å². The lowest BCUT2D eigenvalue weighted by Crippen LogP contribution is -1.89. The first-order chi connectivity index (χ1) is 8.20. The fourth-order valence-electron chi connectivity index (χ4n) is 1.28. The second-order valence-electron chi connectivity index (χ2n) is 3.16. The summed E-state index contributed by atoms with van der Waals surface area (Å²) in [6.07, 6.45) is 1.60. The zero-order valence-electron chi connectivity index (χ0n) is 9.01. The van der Waals surface area contributed by atoms with Crippen molar-refractivity contribution >= 4 is 35.9 Å². The minimum absolute atomic E-state index is 0.142. The van der Waals surface area contributed by atoms with E-state index in [9.17, 15) is 4.79 Å². The number of aromatic amines is 1. The number of rotatable bonds is 3. The second kappa shape index (κ2) is 5.20. The number of thiol groups is 1. The molecule has 6 heteroatoms. The molecule has 0 unspecified atom stereocenters. The summed E-state index contributed by atoms with van der Waals surface area (Å²) in [7, 11) is 1.59. The number of hydrogen-bond acceptors (Lipinski definition) is 5. The first-order valence-corrected chi connectivity index (χ1v) is 6.06. The van der Waals surface area contributed by atoms with Gasteiger partial charge >= 0.3 is 4.87 Å². The van der Waals surface area contributed by atoms with Crippen LogP contribution in [0.25, 0.3) is 0 Å². The average molecular weight is 266 g/mol. The molecule has 0 atom stereocenters. The molecule has 1 N–H and O–H groups in total. The van der Waals surface area contributed by atoms with Crippen LogP contribution < -0.4 is 9.61 Å². The lowest BCUT2D eigenvalue weighted by atomic mass is 10.3. The van der Waals surface area contributed by atoms with Crippen LogP contribution in [0.1, 0.15) is 4.88 Å². The van der Waals surface area contributed by atoms with E-state index in [-0.39, 0.29) is 4.87 Å². The number of nitrogens with zero attached hydrogens (tertiary/aromatic N) is 1. The molecule has 0 spiro atoms. The van der Waals surface area contributed by atoms with Gasteiger partial charge in [-0.15, -0.1) is 12.6 Å². The number of aliphatic imine (C=N–C) groups is 1. The summed E-state index contributed by atoms with van der Waals surface area (Å²) in [6.45, 7) is 0. The third kappa shape index (κ3) is 2.78. The Labute approximate surface area is 107 Å². The van der Waals surface area contributed by atoms with E-state index in [1.807, 2.05) is 24.3 Å². The van der Waals surface area contributed by atoms with Gasteiger partial charge in [-0.2, -0.15) is 0 Å². The first-order valence-electron chi connectivity index (χ1n) is 4.80. The van der Waals surface area contributed by atoms with Crippen molar-refractivity contribution in [1.29, 1.82) is 0 Å². The van der Waals surface area contributed by atoms with E-state index < -0.39 is 0 Å². The molecular formula is C11H10N2O2S2. The van der Waals surface area contributed by atoms with Crippen molar-refractivity contribution in [2.24, 2.45) is 4.99 Å². The molecule has 0 aliphatic heterocycles. The number of H-pyrrole nitrogens is 1. The number of ether oxygens (including phenoxy) is 1. The zero-order chi connectivity index (χ0) is 12.3. The Hall–Kier alpha value is -1.53. The maximum atomic E-state index is 11.1. The Morgan fingerprint density at radius 1 is 1.47 bits per heavy atom. The van der Waals surface area contributed by atoms with Gasteiger partial charge in [0.1, 0.15) is 11.4 Å². The van der Waals surface area contributed by atoms with E-state index in [1.54, 1.807) is 13.3 Å². The van der Waals surface area contributed by atoms with Crippen molar-refractivity contribution < 1.29 is 4.74 Å². The first kappa shape index (κ1) is 11.9. The highest BCUT2D eigenvalue weighted by atomic mass is 32.1. The molecule has 2 rings (SSSR count).